The Bertz CT molecular complexity index is 294. The van der Waals surface area contributed by atoms with E-state index in [4.69, 9.17) is 4.74 Å². The number of aliphatic hydroxyl groups excluding tert-OH is 1. The van der Waals surface area contributed by atoms with Crippen molar-refractivity contribution >= 4 is 5.91 Å². The maximum absolute atomic E-state index is 12.2. The lowest BCUT2D eigenvalue weighted by atomic mass is 9.90. The summed E-state index contributed by atoms with van der Waals surface area (Å²) < 4.78 is 5.70. The Kier molecular flexibility index (Phi) is 4.78. The summed E-state index contributed by atoms with van der Waals surface area (Å²) in [7, 11) is 0. The van der Waals surface area contributed by atoms with Crippen molar-refractivity contribution in [2.24, 2.45) is 5.41 Å². The molecule has 0 aromatic carbocycles. The van der Waals surface area contributed by atoms with Gasteiger partial charge in [0.05, 0.1) is 18.3 Å². The zero-order valence-electron chi connectivity index (χ0n) is 12.3. The second kappa shape index (κ2) is 5.57. The number of amides is 1. The van der Waals surface area contributed by atoms with E-state index in [0.29, 0.717) is 19.5 Å². The highest BCUT2D eigenvalue weighted by Gasteiger charge is 2.35. The van der Waals surface area contributed by atoms with Gasteiger partial charge in [-0.25, -0.2) is 0 Å². The first-order valence-corrected chi connectivity index (χ1v) is 6.69. The Hall–Kier alpha value is -0.610. The summed E-state index contributed by atoms with van der Waals surface area (Å²) in [6, 6.07) is 0. The van der Waals surface area contributed by atoms with Gasteiger partial charge in [-0.05, 0) is 25.7 Å². The minimum atomic E-state index is -0.372. The molecule has 0 aromatic heterocycles. The Morgan fingerprint density at radius 3 is 2.56 bits per heavy atom. The predicted molar refractivity (Wildman–Crippen MR) is 71.3 cm³/mol. The smallest absolute Gasteiger partial charge is 0.222 e. The number of carbonyl (C=O) groups is 1. The van der Waals surface area contributed by atoms with Crippen LogP contribution in [-0.2, 0) is 9.53 Å². The molecule has 1 atom stereocenters. The first-order valence-electron chi connectivity index (χ1n) is 6.69. The molecule has 0 aromatic rings. The summed E-state index contributed by atoms with van der Waals surface area (Å²) in [5, 5.41) is 9.22. The van der Waals surface area contributed by atoms with Crippen LogP contribution in [0.25, 0.3) is 0 Å². The fraction of sp³-hybridized carbons (Fsp3) is 0.929. The van der Waals surface area contributed by atoms with E-state index in [2.05, 4.69) is 20.8 Å². The molecule has 4 nitrogen and oxygen atoms in total. The summed E-state index contributed by atoms with van der Waals surface area (Å²) in [4.78, 5) is 14.0. The van der Waals surface area contributed by atoms with E-state index in [0.717, 1.165) is 6.42 Å². The van der Waals surface area contributed by atoms with Gasteiger partial charge in [0.15, 0.2) is 0 Å². The summed E-state index contributed by atoms with van der Waals surface area (Å²) in [5.74, 6) is 0.166. The van der Waals surface area contributed by atoms with E-state index in [9.17, 15) is 9.90 Å². The van der Waals surface area contributed by atoms with Crippen molar-refractivity contribution in [2.45, 2.75) is 59.2 Å². The van der Waals surface area contributed by atoms with Gasteiger partial charge in [0.25, 0.3) is 0 Å². The zero-order valence-corrected chi connectivity index (χ0v) is 12.3. The molecule has 0 bridgehead atoms. The normalized spacial score (nSPS) is 24.1. The summed E-state index contributed by atoms with van der Waals surface area (Å²) in [6.07, 6.45) is 1.19. The fourth-order valence-electron chi connectivity index (χ4n) is 2.22. The van der Waals surface area contributed by atoms with Gasteiger partial charge in [-0.3, -0.25) is 4.79 Å². The quantitative estimate of drug-likeness (QED) is 0.839. The number of morpholine rings is 1. The van der Waals surface area contributed by atoms with Crippen LogP contribution in [0.4, 0.5) is 0 Å². The van der Waals surface area contributed by atoms with Gasteiger partial charge < -0.3 is 14.7 Å². The lowest BCUT2D eigenvalue weighted by Crippen LogP contribution is -2.55. The van der Waals surface area contributed by atoms with E-state index in [-0.39, 0.29) is 29.6 Å². The van der Waals surface area contributed by atoms with Crippen molar-refractivity contribution in [1.82, 2.24) is 4.90 Å². The molecule has 1 rings (SSSR count). The zero-order chi connectivity index (χ0) is 14.0. The van der Waals surface area contributed by atoms with Crippen LogP contribution in [0.5, 0.6) is 0 Å². The van der Waals surface area contributed by atoms with Crippen molar-refractivity contribution in [2.75, 3.05) is 19.7 Å². The second-order valence-electron chi connectivity index (χ2n) is 7.02. The minimum Gasteiger partial charge on any atom is -0.394 e. The number of aliphatic hydroxyl groups is 1. The highest BCUT2D eigenvalue weighted by atomic mass is 16.5. The van der Waals surface area contributed by atoms with Crippen LogP contribution in [-0.4, -0.2) is 47.3 Å². The molecule has 1 unspecified atom stereocenters. The van der Waals surface area contributed by atoms with Gasteiger partial charge in [-0.15, -0.1) is 0 Å². The minimum absolute atomic E-state index is 0.0352. The average molecular weight is 257 g/mol. The molecule has 1 heterocycles. The van der Waals surface area contributed by atoms with E-state index in [1.807, 2.05) is 18.7 Å². The standard InChI is InChI=1S/C14H27NO3/c1-13(2,3)7-6-12(17)15-8-11(9-16)18-14(4,5)10-15/h11,16H,6-10H2,1-5H3. The molecule has 0 radical (unpaired) electrons. The van der Waals surface area contributed by atoms with Crippen molar-refractivity contribution in [1.29, 1.82) is 0 Å². The Morgan fingerprint density at radius 1 is 1.44 bits per heavy atom. The molecule has 1 N–H and O–H groups in total. The topological polar surface area (TPSA) is 49.8 Å². The van der Waals surface area contributed by atoms with Gasteiger partial charge in [0, 0.05) is 19.5 Å². The molecule has 1 aliphatic rings. The molecule has 18 heavy (non-hydrogen) atoms. The number of nitrogens with zero attached hydrogens (tertiary/aromatic N) is 1. The van der Waals surface area contributed by atoms with Gasteiger partial charge in [0.1, 0.15) is 0 Å². The van der Waals surface area contributed by atoms with Crippen LogP contribution in [0.15, 0.2) is 0 Å². The maximum atomic E-state index is 12.2. The van der Waals surface area contributed by atoms with Crippen LogP contribution in [0.2, 0.25) is 0 Å². The molecular formula is C14H27NO3. The van der Waals surface area contributed by atoms with Crippen molar-refractivity contribution in [3.05, 3.63) is 0 Å². The van der Waals surface area contributed by atoms with E-state index >= 15 is 0 Å². The number of rotatable bonds is 3. The van der Waals surface area contributed by atoms with Crippen LogP contribution < -0.4 is 0 Å². The maximum Gasteiger partial charge on any atom is 0.222 e. The van der Waals surface area contributed by atoms with E-state index in [1.54, 1.807) is 0 Å². The molecule has 106 valence electrons. The highest BCUT2D eigenvalue weighted by Crippen LogP contribution is 2.24. The van der Waals surface area contributed by atoms with E-state index in [1.165, 1.54) is 0 Å². The fourth-order valence-corrected chi connectivity index (χ4v) is 2.22. The molecule has 0 spiro atoms. The van der Waals surface area contributed by atoms with Gasteiger partial charge in [0.2, 0.25) is 5.91 Å². The molecule has 1 amide bonds. The molecule has 1 aliphatic heterocycles. The number of ether oxygens (including phenoxy) is 1. The Balaban J connectivity index is 2.56. The van der Waals surface area contributed by atoms with Gasteiger partial charge in [-0.1, -0.05) is 20.8 Å². The monoisotopic (exact) mass is 257 g/mol. The molecule has 1 saturated heterocycles. The summed E-state index contributed by atoms with van der Waals surface area (Å²) in [6.45, 7) is 11.4. The molecule has 1 fully saturated rings. The Morgan fingerprint density at radius 2 is 2.06 bits per heavy atom. The molecule has 4 heteroatoms. The van der Waals surface area contributed by atoms with Crippen LogP contribution in [0, 0.1) is 5.41 Å². The van der Waals surface area contributed by atoms with Crippen LogP contribution in [0.1, 0.15) is 47.5 Å². The number of hydrogen-bond acceptors (Lipinski definition) is 3. The first-order chi connectivity index (χ1) is 8.13. The third-order valence-electron chi connectivity index (χ3n) is 3.13. The predicted octanol–water partition coefficient (Wildman–Crippen LogP) is 1.81. The molecular weight excluding hydrogens is 230 g/mol. The second-order valence-corrected chi connectivity index (χ2v) is 7.02. The Labute approximate surface area is 110 Å². The van der Waals surface area contributed by atoms with Gasteiger partial charge in [-0.2, -0.15) is 0 Å². The average Bonchev–Trinajstić information content (AvgIpc) is 2.22. The molecule has 0 aliphatic carbocycles. The highest BCUT2D eigenvalue weighted by molar-refractivity contribution is 5.76. The lowest BCUT2D eigenvalue weighted by molar-refractivity contribution is -0.167. The molecule has 0 saturated carbocycles. The SMILES string of the molecule is CC(C)(C)CCC(=O)N1CC(CO)OC(C)(C)C1. The third kappa shape index (κ3) is 4.94. The van der Waals surface area contributed by atoms with E-state index < -0.39 is 0 Å². The lowest BCUT2D eigenvalue weighted by Gasteiger charge is -2.42. The summed E-state index contributed by atoms with van der Waals surface area (Å²) >= 11 is 0. The van der Waals surface area contributed by atoms with Crippen LogP contribution in [0.3, 0.4) is 0 Å². The number of hydrogen-bond donors (Lipinski definition) is 1. The van der Waals surface area contributed by atoms with Crippen molar-refractivity contribution < 1.29 is 14.6 Å². The largest absolute Gasteiger partial charge is 0.394 e. The van der Waals surface area contributed by atoms with Crippen LogP contribution >= 0.6 is 0 Å². The summed E-state index contributed by atoms with van der Waals surface area (Å²) in [5.41, 5.74) is -0.198. The first kappa shape index (κ1) is 15.4. The van der Waals surface area contributed by atoms with Gasteiger partial charge >= 0.3 is 0 Å². The van der Waals surface area contributed by atoms with Crippen molar-refractivity contribution in [3.63, 3.8) is 0 Å². The van der Waals surface area contributed by atoms with Crippen molar-refractivity contribution in [3.8, 4) is 0 Å². The third-order valence-corrected chi connectivity index (χ3v) is 3.13. The number of carbonyl (C=O) groups excluding carboxylic acids is 1.